The van der Waals surface area contributed by atoms with Crippen LogP contribution < -0.4 is 5.32 Å². The van der Waals surface area contributed by atoms with Gasteiger partial charge in [0.05, 0.1) is 6.10 Å². The maximum Gasteiger partial charge on any atom is 0.251 e. The fourth-order valence-corrected chi connectivity index (χ4v) is 3.32. The van der Waals surface area contributed by atoms with Crippen molar-refractivity contribution in [1.82, 2.24) is 10.2 Å². The highest BCUT2D eigenvalue weighted by Gasteiger charge is 2.31. The first-order valence-electron chi connectivity index (χ1n) is 7.13. The number of aryl methyl sites for hydroxylation is 1. The lowest BCUT2D eigenvalue weighted by Gasteiger charge is -2.19. The van der Waals surface area contributed by atoms with Gasteiger partial charge in [-0.3, -0.25) is 4.79 Å². The lowest BCUT2D eigenvalue weighted by atomic mass is 10.1. The molecule has 0 spiro atoms. The van der Waals surface area contributed by atoms with Crippen LogP contribution in [0.4, 0.5) is 0 Å². The van der Waals surface area contributed by atoms with Crippen molar-refractivity contribution in [3.8, 4) is 0 Å². The van der Waals surface area contributed by atoms with Crippen LogP contribution in [-0.2, 0) is 9.53 Å². The molecule has 1 amide bonds. The third-order valence-corrected chi connectivity index (χ3v) is 4.85. The van der Waals surface area contributed by atoms with Crippen molar-refractivity contribution in [1.29, 1.82) is 0 Å². The smallest absolute Gasteiger partial charge is 0.251 e. The van der Waals surface area contributed by atoms with Crippen molar-refractivity contribution in [3.63, 3.8) is 0 Å². The lowest BCUT2D eigenvalue weighted by molar-refractivity contribution is -0.140. The summed E-state index contributed by atoms with van der Waals surface area (Å²) in [6.07, 6.45) is 1.67. The van der Waals surface area contributed by atoms with E-state index in [0.717, 1.165) is 19.4 Å². The standard InChI is InChI=1S/C15H24N2O2S/c1-10-5-8-14(20-10)11(2)16-9-12-6-7-13(19-12)15(18)17(3)4/h5,8,11-13,16H,6-7,9H2,1-4H3/t11-,12-,13+/m0/s1. The number of carbonyl (C=O) groups is 1. The molecule has 4 nitrogen and oxygen atoms in total. The van der Waals surface area contributed by atoms with Gasteiger partial charge in [-0.25, -0.2) is 0 Å². The van der Waals surface area contributed by atoms with E-state index in [-0.39, 0.29) is 18.1 Å². The first-order valence-corrected chi connectivity index (χ1v) is 7.95. The molecule has 0 saturated carbocycles. The fourth-order valence-electron chi connectivity index (χ4n) is 2.42. The minimum absolute atomic E-state index is 0.0782. The summed E-state index contributed by atoms with van der Waals surface area (Å²) < 4.78 is 5.83. The average molecular weight is 296 g/mol. The highest BCUT2D eigenvalue weighted by atomic mass is 32.1. The van der Waals surface area contributed by atoms with E-state index in [9.17, 15) is 4.79 Å². The van der Waals surface area contributed by atoms with E-state index in [1.165, 1.54) is 9.75 Å². The molecule has 1 fully saturated rings. The van der Waals surface area contributed by atoms with Crippen LogP contribution in [0.3, 0.4) is 0 Å². The zero-order valence-electron chi connectivity index (χ0n) is 12.7. The maximum atomic E-state index is 11.8. The van der Waals surface area contributed by atoms with Crippen LogP contribution in [0.15, 0.2) is 12.1 Å². The number of carbonyl (C=O) groups excluding carboxylic acids is 1. The number of rotatable bonds is 5. The maximum absolute atomic E-state index is 11.8. The Morgan fingerprint density at radius 3 is 2.85 bits per heavy atom. The van der Waals surface area contributed by atoms with Gasteiger partial charge in [0.1, 0.15) is 6.10 Å². The second-order valence-electron chi connectivity index (χ2n) is 5.64. The number of hydrogen-bond acceptors (Lipinski definition) is 4. The number of amides is 1. The van der Waals surface area contributed by atoms with Crippen molar-refractivity contribution in [2.45, 2.75) is 44.9 Å². The lowest BCUT2D eigenvalue weighted by Crippen LogP contribution is -2.35. The molecule has 0 aliphatic carbocycles. The topological polar surface area (TPSA) is 41.6 Å². The summed E-state index contributed by atoms with van der Waals surface area (Å²) in [4.78, 5) is 16.1. The molecule has 1 aliphatic rings. The van der Waals surface area contributed by atoms with Crippen LogP contribution in [0.25, 0.3) is 0 Å². The van der Waals surface area contributed by atoms with E-state index in [0.29, 0.717) is 6.04 Å². The van der Waals surface area contributed by atoms with Crippen molar-refractivity contribution in [2.75, 3.05) is 20.6 Å². The van der Waals surface area contributed by atoms with Crippen molar-refractivity contribution < 1.29 is 9.53 Å². The van der Waals surface area contributed by atoms with E-state index in [2.05, 4.69) is 31.3 Å². The second kappa shape index (κ2) is 6.70. The van der Waals surface area contributed by atoms with Gasteiger partial charge in [-0.15, -0.1) is 11.3 Å². The molecule has 5 heteroatoms. The van der Waals surface area contributed by atoms with Gasteiger partial charge in [0.2, 0.25) is 0 Å². The SMILES string of the molecule is Cc1ccc([C@H](C)NC[C@@H]2CC[C@H](C(=O)N(C)C)O2)s1. The van der Waals surface area contributed by atoms with Gasteiger partial charge < -0.3 is 15.0 Å². The van der Waals surface area contributed by atoms with E-state index >= 15 is 0 Å². The molecule has 1 aliphatic heterocycles. The largest absolute Gasteiger partial charge is 0.364 e. The summed E-state index contributed by atoms with van der Waals surface area (Å²) >= 11 is 1.82. The van der Waals surface area contributed by atoms with E-state index in [4.69, 9.17) is 4.74 Å². The zero-order chi connectivity index (χ0) is 14.7. The Bertz CT molecular complexity index is 458. The summed E-state index contributed by atoms with van der Waals surface area (Å²) in [5, 5.41) is 3.50. The Balaban J connectivity index is 1.77. The van der Waals surface area contributed by atoms with E-state index < -0.39 is 0 Å². The number of hydrogen-bond donors (Lipinski definition) is 1. The number of thiophene rings is 1. The van der Waals surface area contributed by atoms with Gasteiger partial charge in [0.25, 0.3) is 5.91 Å². The van der Waals surface area contributed by atoms with Gasteiger partial charge in [-0.05, 0) is 38.8 Å². The van der Waals surface area contributed by atoms with Gasteiger partial charge in [-0.2, -0.15) is 0 Å². The van der Waals surface area contributed by atoms with Crippen LogP contribution in [0, 0.1) is 6.92 Å². The zero-order valence-corrected chi connectivity index (χ0v) is 13.5. The third kappa shape index (κ3) is 3.81. The Kier molecular flexibility index (Phi) is 5.18. The number of nitrogens with zero attached hydrogens (tertiary/aromatic N) is 1. The molecule has 2 rings (SSSR count). The normalized spacial score (nSPS) is 23.8. The molecular formula is C15H24N2O2S. The van der Waals surface area contributed by atoms with Crippen molar-refractivity contribution in [3.05, 3.63) is 21.9 Å². The molecule has 112 valence electrons. The summed E-state index contributed by atoms with van der Waals surface area (Å²) in [5.74, 6) is 0.0782. The molecule has 20 heavy (non-hydrogen) atoms. The first kappa shape index (κ1) is 15.5. The molecule has 0 bridgehead atoms. The van der Waals surface area contributed by atoms with Crippen LogP contribution in [-0.4, -0.2) is 43.7 Å². The predicted molar refractivity (Wildman–Crippen MR) is 82.1 cm³/mol. The monoisotopic (exact) mass is 296 g/mol. The Labute approximate surface area is 125 Å². The molecule has 0 radical (unpaired) electrons. The molecule has 3 atom stereocenters. The predicted octanol–water partition coefficient (Wildman–Crippen LogP) is 2.34. The van der Waals surface area contributed by atoms with E-state index in [1.54, 1.807) is 19.0 Å². The van der Waals surface area contributed by atoms with Crippen LogP contribution in [0.2, 0.25) is 0 Å². The number of likely N-dealkylation sites (N-methyl/N-ethyl adjacent to an activating group) is 1. The van der Waals surface area contributed by atoms with Gasteiger partial charge >= 0.3 is 0 Å². The minimum atomic E-state index is -0.254. The minimum Gasteiger partial charge on any atom is -0.364 e. The third-order valence-electron chi connectivity index (χ3n) is 3.66. The highest BCUT2D eigenvalue weighted by Crippen LogP contribution is 2.24. The molecule has 1 saturated heterocycles. The molecule has 2 heterocycles. The molecular weight excluding hydrogens is 272 g/mol. The first-order chi connectivity index (χ1) is 9.47. The average Bonchev–Trinajstić information content (AvgIpc) is 3.03. The Morgan fingerprint density at radius 1 is 1.50 bits per heavy atom. The molecule has 0 unspecified atom stereocenters. The summed E-state index contributed by atoms with van der Waals surface area (Å²) in [6, 6.07) is 4.66. The molecule has 1 aromatic heterocycles. The molecule has 1 N–H and O–H groups in total. The number of ether oxygens (including phenoxy) is 1. The van der Waals surface area contributed by atoms with Gasteiger partial charge in [0.15, 0.2) is 0 Å². The molecule has 1 aromatic rings. The Morgan fingerprint density at radius 2 is 2.25 bits per heavy atom. The number of nitrogens with one attached hydrogen (secondary N) is 1. The van der Waals surface area contributed by atoms with Crippen LogP contribution in [0.5, 0.6) is 0 Å². The van der Waals surface area contributed by atoms with Crippen molar-refractivity contribution in [2.24, 2.45) is 0 Å². The van der Waals surface area contributed by atoms with Gasteiger partial charge in [-0.1, -0.05) is 0 Å². The van der Waals surface area contributed by atoms with Gasteiger partial charge in [0, 0.05) is 36.4 Å². The van der Waals surface area contributed by atoms with Crippen molar-refractivity contribution >= 4 is 17.2 Å². The second-order valence-corrected chi connectivity index (χ2v) is 6.95. The van der Waals surface area contributed by atoms with E-state index in [1.807, 2.05) is 11.3 Å². The molecule has 0 aromatic carbocycles. The van der Waals surface area contributed by atoms with Crippen LogP contribution in [0.1, 0.15) is 35.6 Å². The quantitative estimate of drug-likeness (QED) is 0.907. The summed E-state index contributed by atoms with van der Waals surface area (Å²) in [6.45, 7) is 5.09. The fraction of sp³-hybridized carbons (Fsp3) is 0.667. The highest BCUT2D eigenvalue weighted by molar-refractivity contribution is 7.12. The summed E-state index contributed by atoms with van der Waals surface area (Å²) in [7, 11) is 3.55. The Hall–Kier alpha value is -0.910. The van der Waals surface area contributed by atoms with Crippen LogP contribution >= 0.6 is 11.3 Å². The summed E-state index contributed by atoms with van der Waals surface area (Å²) in [5.41, 5.74) is 0.